The van der Waals surface area contributed by atoms with Gasteiger partial charge in [-0.05, 0) is 32.8 Å². The van der Waals surface area contributed by atoms with Gasteiger partial charge in [-0.15, -0.1) is 0 Å². The van der Waals surface area contributed by atoms with Crippen LogP contribution in [0, 0.1) is 6.92 Å². The monoisotopic (exact) mass is 246 g/mol. The number of carbonyl (C=O) groups excluding carboxylic acids is 1. The lowest BCUT2D eigenvalue weighted by Crippen LogP contribution is -2.43. The number of hydrogen-bond acceptors (Lipinski definition) is 2. The van der Waals surface area contributed by atoms with E-state index in [0.717, 1.165) is 36.8 Å². The third-order valence-electron chi connectivity index (χ3n) is 3.78. The highest BCUT2D eigenvalue weighted by molar-refractivity contribution is 6.02. The fourth-order valence-corrected chi connectivity index (χ4v) is 2.89. The largest absolute Gasteiger partial charge is 0.367 e. The van der Waals surface area contributed by atoms with Gasteiger partial charge in [0.05, 0.1) is 0 Å². The Balaban J connectivity index is 2.28. The lowest BCUT2D eigenvalue weighted by Gasteiger charge is -2.35. The second-order valence-electron chi connectivity index (χ2n) is 5.19. The Morgan fingerprint density at radius 3 is 2.61 bits per heavy atom. The lowest BCUT2D eigenvalue weighted by molar-refractivity contribution is -0.0411. The number of Topliss-reactive ketones (excluding diaryl/α,β-unsaturated/α-hetero) is 1. The molecule has 2 heteroatoms. The fourth-order valence-electron chi connectivity index (χ4n) is 2.89. The summed E-state index contributed by atoms with van der Waals surface area (Å²) in [6.07, 6.45) is 5.15. The molecule has 0 unspecified atom stereocenters. The number of ether oxygens (including phenoxy) is 1. The Morgan fingerprint density at radius 2 is 2.00 bits per heavy atom. The summed E-state index contributed by atoms with van der Waals surface area (Å²) in [5, 5.41) is 0. The molecule has 0 N–H and O–H groups in total. The van der Waals surface area contributed by atoms with E-state index in [2.05, 4.69) is 0 Å². The fraction of sp³-hybridized carbons (Fsp3) is 0.562. The molecule has 0 atom stereocenters. The zero-order valence-corrected chi connectivity index (χ0v) is 11.4. The second kappa shape index (κ2) is 5.66. The smallest absolute Gasteiger partial charge is 0.194 e. The first-order valence-electron chi connectivity index (χ1n) is 6.93. The highest BCUT2D eigenvalue weighted by Crippen LogP contribution is 2.34. The van der Waals surface area contributed by atoms with Crippen LogP contribution in [0.4, 0.5) is 0 Å². The summed E-state index contributed by atoms with van der Waals surface area (Å²) < 4.78 is 5.88. The van der Waals surface area contributed by atoms with Crippen LogP contribution >= 0.6 is 0 Å². The van der Waals surface area contributed by atoms with Gasteiger partial charge in [-0.1, -0.05) is 43.0 Å². The first-order valence-corrected chi connectivity index (χ1v) is 6.93. The highest BCUT2D eigenvalue weighted by Gasteiger charge is 2.40. The van der Waals surface area contributed by atoms with Gasteiger partial charge in [0.1, 0.15) is 5.60 Å². The van der Waals surface area contributed by atoms with Crippen molar-refractivity contribution in [1.82, 2.24) is 0 Å². The van der Waals surface area contributed by atoms with E-state index >= 15 is 0 Å². The molecule has 1 aliphatic rings. The summed E-state index contributed by atoms with van der Waals surface area (Å²) in [6, 6.07) is 7.85. The summed E-state index contributed by atoms with van der Waals surface area (Å²) >= 11 is 0. The maximum absolute atomic E-state index is 12.7. The molecule has 0 spiro atoms. The highest BCUT2D eigenvalue weighted by atomic mass is 16.5. The predicted octanol–water partition coefficient (Wildman–Crippen LogP) is 3.92. The molecule has 0 radical (unpaired) electrons. The summed E-state index contributed by atoms with van der Waals surface area (Å²) in [4.78, 5) is 12.7. The molecule has 0 saturated heterocycles. The number of carbonyl (C=O) groups is 1. The Labute approximate surface area is 109 Å². The Morgan fingerprint density at radius 1 is 1.28 bits per heavy atom. The summed E-state index contributed by atoms with van der Waals surface area (Å²) in [5.41, 5.74) is 1.37. The zero-order valence-electron chi connectivity index (χ0n) is 11.4. The van der Waals surface area contributed by atoms with E-state index in [9.17, 15) is 4.79 Å². The molecular weight excluding hydrogens is 224 g/mol. The number of ketones is 1. The van der Waals surface area contributed by atoms with E-state index in [0.29, 0.717) is 6.61 Å². The molecule has 98 valence electrons. The maximum atomic E-state index is 12.7. The van der Waals surface area contributed by atoms with E-state index in [1.807, 2.05) is 38.1 Å². The maximum Gasteiger partial charge on any atom is 0.194 e. The molecule has 0 aromatic heterocycles. The van der Waals surface area contributed by atoms with Crippen LogP contribution in [0.5, 0.6) is 0 Å². The molecule has 0 amide bonds. The average Bonchev–Trinajstić information content (AvgIpc) is 2.39. The minimum absolute atomic E-state index is 0.174. The normalized spacial score (nSPS) is 18.6. The van der Waals surface area contributed by atoms with Crippen LogP contribution in [0.15, 0.2) is 24.3 Å². The topological polar surface area (TPSA) is 26.3 Å². The van der Waals surface area contributed by atoms with Crippen molar-refractivity contribution in [2.45, 2.75) is 51.6 Å². The first kappa shape index (κ1) is 13.3. The lowest BCUT2D eigenvalue weighted by atomic mass is 9.79. The number of benzene rings is 1. The van der Waals surface area contributed by atoms with Crippen LogP contribution < -0.4 is 0 Å². The SMILES string of the molecule is CCOC1(C(=O)c2cccc(C)c2)CCCCC1. The molecule has 0 heterocycles. The van der Waals surface area contributed by atoms with E-state index in [-0.39, 0.29) is 5.78 Å². The number of hydrogen-bond donors (Lipinski definition) is 0. The van der Waals surface area contributed by atoms with Crippen molar-refractivity contribution >= 4 is 5.78 Å². The Hall–Kier alpha value is -1.15. The van der Waals surface area contributed by atoms with E-state index in [4.69, 9.17) is 4.74 Å². The minimum Gasteiger partial charge on any atom is -0.367 e. The molecule has 1 aromatic rings. The molecule has 1 aliphatic carbocycles. The molecule has 2 rings (SSSR count). The summed E-state index contributed by atoms with van der Waals surface area (Å²) in [6.45, 7) is 4.60. The van der Waals surface area contributed by atoms with Gasteiger partial charge < -0.3 is 4.74 Å². The second-order valence-corrected chi connectivity index (χ2v) is 5.19. The van der Waals surface area contributed by atoms with Gasteiger partial charge in [0.25, 0.3) is 0 Å². The Kier molecular flexibility index (Phi) is 4.18. The molecule has 0 aliphatic heterocycles. The van der Waals surface area contributed by atoms with Crippen molar-refractivity contribution in [2.75, 3.05) is 6.61 Å². The standard InChI is InChI=1S/C16H22O2/c1-3-18-16(10-5-4-6-11-16)15(17)14-9-7-8-13(2)12-14/h7-9,12H,3-6,10-11H2,1-2H3. The molecule has 1 saturated carbocycles. The van der Waals surface area contributed by atoms with E-state index in [1.54, 1.807) is 0 Å². The van der Waals surface area contributed by atoms with Gasteiger partial charge in [-0.2, -0.15) is 0 Å². The van der Waals surface area contributed by atoms with Gasteiger partial charge in [0.15, 0.2) is 5.78 Å². The quantitative estimate of drug-likeness (QED) is 0.753. The zero-order chi connectivity index (χ0) is 13.0. The third-order valence-corrected chi connectivity index (χ3v) is 3.78. The first-order chi connectivity index (χ1) is 8.68. The van der Waals surface area contributed by atoms with Crippen molar-refractivity contribution in [3.63, 3.8) is 0 Å². The van der Waals surface area contributed by atoms with E-state index in [1.165, 1.54) is 6.42 Å². The number of aryl methyl sites for hydroxylation is 1. The van der Waals surface area contributed by atoms with Crippen LogP contribution in [0.3, 0.4) is 0 Å². The van der Waals surface area contributed by atoms with Gasteiger partial charge in [0.2, 0.25) is 0 Å². The molecule has 2 nitrogen and oxygen atoms in total. The summed E-state index contributed by atoms with van der Waals surface area (Å²) in [7, 11) is 0. The van der Waals surface area contributed by atoms with Crippen LogP contribution in [0.2, 0.25) is 0 Å². The van der Waals surface area contributed by atoms with Crippen molar-refractivity contribution in [2.24, 2.45) is 0 Å². The average molecular weight is 246 g/mol. The van der Waals surface area contributed by atoms with Gasteiger partial charge in [0, 0.05) is 12.2 Å². The number of rotatable bonds is 4. The predicted molar refractivity (Wildman–Crippen MR) is 73.0 cm³/mol. The van der Waals surface area contributed by atoms with Crippen LogP contribution in [0.1, 0.15) is 54.9 Å². The molecule has 1 aromatic carbocycles. The Bertz CT molecular complexity index is 411. The van der Waals surface area contributed by atoms with Crippen LogP contribution in [0.25, 0.3) is 0 Å². The van der Waals surface area contributed by atoms with Crippen molar-refractivity contribution in [3.05, 3.63) is 35.4 Å². The van der Waals surface area contributed by atoms with Crippen molar-refractivity contribution < 1.29 is 9.53 Å². The molecular formula is C16H22O2. The molecule has 0 bridgehead atoms. The third kappa shape index (κ3) is 2.64. The molecule has 18 heavy (non-hydrogen) atoms. The van der Waals surface area contributed by atoms with E-state index < -0.39 is 5.60 Å². The van der Waals surface area contributed by atoms with Crippen molar-refractivity contribution in [3.8, 4) is 0 Å². The minimum atomic E-state index is -0.555. The van der Waals surface area contributed by atoms with Gasteiger partial charge >= 0.3 is 0 Å². The van der Waals surface area contributed by atoms with Crippen molar-refractivity contribution in [1.29, 1.82) is 0 Å². The van der Waals surface area contributed by atoms with Crippen LogP contribution in [-0.4, -0.2) is 18.0 Å². The van der Waals surface area contributed by atoms with Gasteiger partial charge in [-0.3, -0.25) is 4.79 Å². The van der Waals surface area contributed by atoms with Crippen LogP contribution in [-0.2, 0) is 4.74 Å². The summed E-state index contributed by atoms with van der Waals surface area (Å²) in [5.74, 6) is 0.174. The molecule has 1 fully saturated rings. The van der Waals surface area contributed by atoms with Gasteiger partial charge in [-0.25, -0.2) is 0 Å².